The fraction of sp³-hybridized carbons (Fsp3) is 0.556. The van der Waals surface area contributed by atoms with Crippen molar-refractivity contribution in [2.45, 2.75) is 32.4 Å². The van der Waals surface area contributed by atoms with Crippen LogP contribution in [0.1, 0.15) is 31.9 Å². The largest absolute Gasteiger partial charge is 0.481 e. The van der Waals surface area contributed by atoms with E-state index in [0.717, 1.165) is 0 Å². The van der Waals surface area contributed by atoms with Gasteiger partial charge in [0.1, 0.15) is 5.76 Å². The van der Waals surface area contributed by atoms with Crippen LogP contribution >= 0.6 is 0 Å². The van der Waals surface area contributed by atoms with Gasteiger partial charge < -0.3 is 9.52 Å². The zero-order chi connectivity index (χ0) is 10.8. The molecule has 0 saturated carbocycles. The minimum Gasteiger partial charge on any atom is -0.481 e. The van der Waals surface area contributed by atoms with E-state index in [1.165, 1.54) is 20.0 Å². The van der Waals surface area contributed by atoms with Crippen molar-refractivity contribution in [1.82, 2.24) is 4.98 Å². The Labute approximate surface area is 80.8 Å². The van der Waals surface area contributed by atoms with Crippen molar-refractivity contribution < 1.29 is 18.7 Å². The Morgan fingerprint density at radius 3 is 2.79 bits per heavy atom. The van der Waals surface area contributed by atoms with Crippen LogP contribution in [0.5, 0.6) is 0 Å². The van der Waals surface area contributed by atoms with Crippen molar-refractivity contribution in [3.8, 4) is 0 Å². The minimum absolute atomic E-state index is 0.0158. The molecule has 0 unspecified atom stereocenters. The zero-order valence-electron chi connectivity index (χ0n) is 8.08. The third kappa shape index (κ3) is 2.83. The summed E-state index contributed by atoms with van der Waals surface area (Å²) in [6, 6.07) is 0. The van der Waals surface area contributed by atoms with Gasteiger partial charge in [0.25, 0.3) is 0 Å². The van der Waals surface area contributed by atoms with Crippen molar-refractivity contribution in [1.29, 1.82) is 0 Å². The van der Waals surface area contributed by atoms with Crippen LogP contribution in [0.4, 0.5) is 4.39 Å². The SMILES string of the molecule is CC(C)(F)c1ncc(CCC(=O)O)o1. The lowest BCUT2D eigenvalue weighted by atomic mass is 10.2. The van der Waals surface area contributed by atoms with Crippen LogP contribution in [0.25, 0.3) is 0 Å². The second-order valence-corrected chi connectivity index (χ2v) is 3.50. The van der Waals surface area contributed by atoms with E-state index in [1.807, 2.05) is 0 Å². The van der Waals surface area contributed by atoms with Crippen LogP contribution in [-0.2, 0) is 16.9 Å². The number of hydrogen-bond acceptors (Lipinski definition) is 3. The van der Waals surface area contributed by atoms with Crippen molar-refractivity contribution >= 4 is 5.97 Å². The van der Waals surface area contributed by atoms with Gasteiger partial charge in [-0.3, -0.25) is 4.79 Å². The Bertz CT molecular complexity index is 327. The number of halogens is 1. The molecule has 1 aromatic rings. The van der Waals surface area contributed by atoms with Gasteiger partial charge in [-0.15, -0.1) is 0 Å². The lowest BCUT2D eigenvalue weighted by molar-refractivity contribution is -0.137. The number of hydrogen-bond donors (Lipinski definition) is 1. The number of carboxylic acids is 1. The third-order valence-electron chi connectivity index (χ3n) is 1.65. The summed E-state index contributed by atoms with van der Waals surface area (Å²) in [7, 11) is 0. The molecule has 4 nitrogen and oxygen atoms in total. The molecule has 0 atom stereocenters. The normalized spacial score (nSPS) is 11.6. The fourth-order valence-electron chi connectivity index (χ4n) is 0.928. The monoisotopic (exact) mass is 201 g/mol. The number of nitrogens with zero attached hydrogens (tertiary/aromatic N) is 1. The van der Waals surface area contributed by atoms with E-state index >= 15 is 0 Å². The molecular formula is C9H12FNO3. The number of aliphatic carboxylic acids is 1. The molecule has 78 valence electrons. The van der Waals surface area contributed by atoms with Crippen LogP contribution in [0.15, 0.2) is 10.6 Å². The predicted molar refractivity (Wildman–Crippen MR) is 46.6 cm³/mol. The van der Waals surface area contributed by atoms with Gasteiger partial charge in [-0.25, -0.2) is 9.37 Å². The van der Waals surface area contributed by atoms with Gasteiger partial charge in [0.05, 0.1) is 12.6 Å². The molecule has 0 aliphatic rings. The van der Waals surface area contributed by atoms with E-state index in [1.54, 1.807) is 0 Å². The molecule has 0 bridgehead atoms. The van der Waals surface area contributed by atoms with Crippen molar-refractivity contribution in [2.75, 3.05) is 0 Å². The summed E-state index contributed by atoms with van der Waals surface area (Å²) in [6.45, 7) is 2.67. The Morgan fingerprint density at radius 1 is 1.71 bits per heavy atom. The smallest absolute Gasteiger partial charge is 0.303 e. The average Bonchev–Trinajstić information content (AvgIpc) is 2.47. The second kappa shape index (κ2) is 3.77. The molecular weight excluding hydrogens is 189 g/mol. The van der Waals surface area contributed by atoms with Crippen LogP contribution in [0, 0.1) is 0 Å². The lowest BCUT2D eigenvalue weighted by Gasteiger charge is -2.07. The highest BCUT2D eigenvalue weighted by molar-refractivity contribution is 5.66. The molecule has 0 radical (unpaired) electrons. The zero-order valence-corrected chi connectivity index (χ0v) is 8.08. The predicted octanol–water partition coefficient (Wildman–Crippen LogP) is 1.90. The Hall–Kier alpha value is -1.39. The van der Waals surface area contributed by atoms with E-state index in [0.29, 0.717) is 5.76 Å². The summed E-state index contributed by atoms with van der Waals surface area (Å²) in [5.74, 6) is -0.534. The number of oxazole rings is 1. The number of aromatic nitrogens is 1. The molecule has 14 heavy (non-hydrogen) atoms. The molecule has 0 saturated heterocycles. The van der Waals surface area contributed by atoms with Crippen LogP contribution in [-0.4, -0.2) is 16.1 Å². The first-order chi connectivity index (χ1) is 6.39. The summed E-state index contributed by atoms with van der Waals surface area (Å²) in [5.41, 5.74) is -1.62. The van der Waals surface area contributed by atoms with E-state index in [9.17, 15) is 9.18 Å². The maximum absolute atomic E-state index is 13.3. The summed E-state index contributed by atoms with van der Waals surface area (Å²) in [5, 5.41) is 8.41. The average molecular weight is 201 g/mol. The second-order valence-electron chi connectivity index (χ2n) is 3.50. The molecule has 1 N–H and O–H groups in total. The first-order valence-corrected chi connectivity index (χ1v) is 4.25. The number of carboxylic acid groups (broad SMARTS) is 1. The molecule has 0 fully saturated rings. The van der Waals surface area contributed by atoms with Gasteiger partial charge in [0, 0.05) is 6.42 Å². The molecule has 5 heteroatoms. The first kappa shape index (κ1) is 10.7. The highest BCUT2D eigenvalue weighted by Crippen LogP contribution is 2.24. The molecule has 0 spiro atoms. The molecule has 1 heterocycles. The summed E-state index contributed by atoms with van der Waals surface area (Å²) >= 11 is 0. The molecule has 0 aliphatic heterocycles. The van der Waals surface area contributed by atoms with Crippen LogP contribution in [0.3, 0.4) is 0 Å². The number of rotatable bonds is 4. The van der Waals surface area contributed by atoms with Crippen LogP contribution < -0.4 is 0 Å². The highest BCUT2D eigenvalue weighted by atomic mass is 19.1. The van der Waals surface area contributed by atoms with Gasteiger partial charge in [-0.2, -0.15) is 0 Å². The fourth-order valence-corrected chi connectivity index (χ4v) is 0.928. The van der Waals surface area contributed by atoms with Gasteiger partial charge in [0.15, 0.2) is 5.67 Å². The topological polar surface area (TPSA) is 63.3 Å². The van der Waals surface area contributed by atoms with Gasteiger partial charge >= 0.3 is 5.97 Å². The summed E-state index contributed by atoms with van der Waals surface area (Å²) in [4.78, 5) is 14.0. The summed E-state index contributed by atoms with van der Waals surface area (Å²) < 4.78 is 18.3. The number of aryl methyl sites for hydroxylation is 1. The standard InChI is InChI=1S/C9H12FNO3/c1-9(2,10)8-11-5-6(14-8)3-4-7(12)13/h5H,3-4H2,1-2H3,(H,12,13). The van der Waals surface area contributed by atoms with E-state index in [4.69, 9.17) is 9.52 Å². The van der Waals surface area contributed by atoms with Crippen molar-refractivity contribution in [2.24, 2.45) is 0 Å². The lowest BCUT2D eigenvalue weighted by Crippen LogP contribution is -2.08. The molecule has 1 rings (SSSR count). The third-order valence-corrected chi connectivity index (χ3v) is 1.65. The van der Waals surface area contributed by atoms with E-state index in [2.05, 4.69) is 4.98 Å². The first-order valence-electron chi connectivity index (χ1n) is 4.25. The highest BCUT2D eigenvalue weighted by Gasteiger charge is 2.25. The molecule has 0 amide bonds. The quantitative estimate of drug-likeness (QED) is 0.808. The maximum atomic E-state index is 13.3. The number of carbonyl (C=O) groups is 1. The minimum atomic E-state index is -1.62. The van der Waals surface area contributed by atoms with Gasteiger partial charge in [0.2, 0.25) is 5.89 Å². The van der Waals surface area contributed by atoms with E-state index < -0.39 is 11.6 Å². The van der Waals surface area contributed by atoms with Crippen molar-refractivity contribution in [3.63, 3.8) is 0 Å². The Morgan fingerprint density at radius 2 is 2.36 bits per heavy atom. The molecule has 0 aliphatic carbocycles. The number of alkyl halides is 1. The maximum Gasteiger partial charge on any atom is 0.303 e. The van der Waals surface area contributed by atoms with Crippen molar-refractivity contribution in [3.05, 3.63) is 17.8 Å². The summed E-state index contributed by atoms with van der Waals surface area (Å²) in [6.07, 6.45) is 1.55. The van der Waals surface area contributed by atoms with Gasteiger partial charge in [-0.05, 0) is 13.8 Å². The molecule has 1 aromatic heterocycles. The Balaban J connectivity index is 2.64. The Kier molecular flexibility index (Phi) is 2.88. The van der Waals surface area contributed by atoms with Gasteiger partial charge in [-0.1, -0.05) is 0 Å². The van der Waals surface area contributed by atoms with E-state index in [-0.39, 0.29) is 18.7 Å². The van der Waals surface area contributed by atoms with Crippen LogP contribution in [0.2, 0.25) is 0 Å². The molecule has 0 aromatic carbocycles.